The van der Waals surface area contributed by atoms with Crippen LogP contribution >= 0.6 is 15.9 Å². The molecule has 2 aromatic heterocycles. The molecule has 0 saturated heterocycles. The lowest BCUT2D eigenvalue weighted by Crippen LogP contribution is -2.31. The lowest BCUT2D eigenvalue weighted by Gasteiger charge is -2.15. The Bertz CT molecular complexity index is 636. The molecular weight excluding hydrogens is 296 g/mol. The van der Waals surface area contributed by atoms with Crippen molar-refractivity contribution in [2.75, 3.05) is 6.54 Å². The van der Waals surface area contributed by atoms with Gasteiger partial charge < -0.3 is 10.3 Å². The third-order valence-electron chi connectivity index (χ3n) is 2.91. The smallest absolute Gasteiger partial charge is 0.255 e. The quantitative estimate of drug-likeness (QED) is 0.831. The molecule has 3 rings (SSSR count). The van der Waals surface area contributed by atoms with Crippen molar-refractivity contribution in [3.63, 3.8) is 0 Å². The van der Waals surface area contributed by atoms with Gasteiger partial charge in [-0.2, -0.15) is 0 Å². The molecule has 92 valence electrons. The Labute approximate surface area is 112 Å². The van der Waals surface area contributed by atoms with E-state index in [1.807, 2.05) is 12.1 Å². The highest BCUT2D eigenvalue weighted by Crippen LogP contribution is 2.16. The largest absolute Gasteiger partial charge is 0.312 e. The molecular formula is C12H11BrN4O. The Morgan fingerprint density at radius 2 is 2.22 bits per heavy atom. The van der Waals surface area contributed by atoms with Gasteiger partial charge in [-0.15, -0.1) is 0 Å². The minimum atomic E-state index is -0.0769. The topological polar surface area (TPSA) is 70.7 Å². The predicted molar refractivity (Wildman–Crippen MR) is 71.2 cm³/mol. The zero-order valence-electron chi connectivity index (χ0n) is 9.53. The summed E-state index contributed by atoms with van der Waals surface area (Å²) in [6, 6.07) is 3.71. The fraction of sp³-hybridized carbons (Fsp3) is 0.250. The molecule has 3 heterocycles. The Morgan fingerprint density at radius 3 is 3.00 bits per heavy atom. The molecule has 0 fully saturated rings. The lowest BCUT2D eigenvalue weighted by atomic mass is 10.1. The summed E-state index contributed by atoms with van der Waals surface area (Å²) in [5, 5.41) is 3.17. The van der Waals surface area contributed by atoms with Crippen molar-refractivity contribution in [1.29, 1.82) is 0 Å². The van der Waals surface area contributed by atoms with Gasteiger partial charge in [-0.3, -0.25) is 9.78 Å². The van der Waals surface area contributed by atoms with Crippen LogP contribution in [0.5, 0.6) is 0 Å². The Hall–Kier alpha value is -1.53. The number of aromatic amines is 1. The zero-order valence-corrected chi connectivity index (χ0v) is 11.1. The average Bonchev–Trinajstić information content (AvgIpc) is 2.39. The van der Waals surface area contributed by atoms with Crippen molar-refractivity contribution < 1.29 is 0 Å². The van der Waals surface area contributed by atoms with E-state index in [9.17, 15) is 4.79 Å². The number of fused-ring (bicyclic) bond motifs is 1. The first-order chi connectivity index (χ1) is 8.74. The molecule has 0 saturated carbocycles. The molecule has 0 radical (unpaired) electrons. The molecule has 6 heteroatoms. The summed E-state index contributed by atoms with van der Waals surface area (Å²) >= 11 is 3.33. The number of hydrogen-bond donors (Lipinski definition) is 2. The number of nitrogens with zero attached hydrogens (tertiary/aromatic N) is 2. The molecule has 5 nitrogen and oxygen atoms in total. The van der Waals surface area contributed by atoms with Gasteiger partial charge in [0.05, 0.1) is 11.3 Å². The molecule has 1 aliphatic rings. The van der Waals surface area contributed by atoms with Crippen molar-refractivity contribution in [2.24, 2.45) is 0 Å². The van der Waals surface area contributed by atoms with Gasteiger partial charge in [0.15, 0.2) is 5.82 Å². The number of rotatable bonds is 1. The van der Waals surface area contributed by atoms with E-state index in [1.165, 1.54) is 0 Å². The molecule has 0 bridgehead atoms. The van der Waals surface area contributed by atoms with Gasteiger partial charge >= 0.3 is 0 Å². The minimum absolute atomic E-state index is 0.0769. The fourth-order valence-electron chi connectivity index (χ4n) is 1.99. The first-order valence-corrected chi connectivity index (χ1v) is 6.48. The first-order valence-electron chi connectivity index (χ1n) is 5.69. The van der Waals surface area contributed by atoms with Crippen LogP contribution in [0.2, 0.25) is 0 Å². The molecule has 0 unspecified atom stereocenters. The van der Waals surface area contributed by atoms with Crippen LogP contribution in [0.25, 0.3) is 11.5 Å². The highest BCUT2D eigenvalue weighted by Gasteiger charge is 2.15. The SMILES string of the molecule is O=c1[nH]c(-c2ccc(Br)cn2)nc2c1CNCC2. The van der Waals surface area contributed by atoms with E-state index in [2.05, 4.69) is 36.2 Å². The minimum Gasteiger partial charge on any atom is -0.312 e. The van der Waals surface area contributed by atoms with Gasteiger partial charge in [-0.1, -0.05) is 0 Å². The van der Waals surface area contributed by atoms with Crippen LogP contribution in [0.4, 0.5) is 0 Å². The van der Waals surface area contributed by atoms with Crippen molar-refractivity contribution in [3.05, 3.63) is 44.4 Å². The van der Waals surface area contributed by atoms with Gasteiger partial charge in [-0.05, 0) is 28.1 Å². The van der Waals surface area contributed by atoms with Gasteiger partial charge in [0, 0.05) is 30.2 Å². The summed E-state index contributed by atoms with van der Waals surface area (Å²) in [4.78, 5) is 23.5. The predicted octanol–water partition coefficient (Wildman–Crippen LogP) is 1.24. The van der Waals surface area contributed by atoms with Crippen LogP contribution in [0.3, 0.4) is 0 Å². The maximum atomic E-state index is 12.0. The van der Waals surface area contributed by atoms with Crippen LogP contribution in [-0.2, 0) is 13.0 Å². The first kappa shape index (κ1) is 11.6. The van der Waals surface area contributed by atoms with E-state index >= 15 is 0 Å². The second kappa shape index (κ2) is 4.62. The molecule has 2 N–H and O–H groups in total. The van der Waals surface area contributed by atoms with E-state index in [0.29, 0.717) is 18.1 Å². The maximum Gasteiger partial charge on any atom is 0.255 e. The van der Waals surface area contributed by atoms with Crippen molar-refractivity contribution in [3.8, 4) is 11.5 Å². The molecule has 0 amide bonds. The summed E-state index contributed by atoms with van der Waals surface area (Å²) in [6.45, 7) is 1.45. The number of hydrogen-bond acceptors (Lipinski definition) is 4. The summed E-state index contributed by atoms with van der Waals surface area (Å²) in [5.74, 6) is 0.535. The van der Waals surface area contributed by atoms with E-state index in [1.54, 1.807) is 6.20 Å². The van der Waals surface area contributed by atoms with Crippen molar-refractivity contribution >= 4 is 15.9 Å². The molecule has 0 spiro atoms. The molecule has 0 atom stereocenters. The van der Waals surface area contributed by atoms with Crippen LogP contribution in [-0.4, -0.2) is 21.5 Å². The summed E-state index contributed by atoms with van der Waals surface area (Å²) < 4.78 is 0.899. The third kappa shape index (κ3) is 2.09. The van der Waals surface area contributed by atoms with Gasteiger partial charge in [0.1, 0.15) is 5.69 Å². The number of aromatic nitrogens is 3. The Morgan fingerprint density at radius 1 is 1.33 bits per heavy atom. The third-order valence-corrected chi connectivity index (χ3v) is 3.38. The van der Waals surface area contributed by atoms with E-state index in [0.717, 1.165) is 28.7 Å². The van der Waals surface area contributed by atoms with E-state index in [4.69, 9.17) is 0 Å². The fourth-order valence-corrected chi connectivity index (χ4v) is 2.23. The average molecular weight is 307 g/mol. The Kier molecular flexibility index (Phi) is 2.97. The monoisotopic (exact) mass is 306 g/mol. The van der Waals surface area contributed by atoms with Crippen molar-refractivity contribution in [1.82, 2.24) is 20.3 Å². The molecule has 0 aliphatic carbocycles. The highest BCUT2D eigenvalue weighted by atomic mass is 79.9. The summed E-state index contributed by atoms with van der Waals surface area (Å²) in [6.07, 6.45) is 2.47. The van der Waals surface area contributed by atoms with Crippen LogP contribution in [0, 0.1) is 0 Å². The summed E-state index contributed by atoms with van der Waals surface area (Å²) in [7, 11) is 0. The number of H-pyrrole nitrogens is 1. The van der Waals surface area contributed by atoms with Crippen LogP contribution < -0.4 is 10.9 Å². The number of pyridine rings is 1. The molecule has 1 aliphatic heterocycles. The second-order valence-electron chi connectivity index (χ2n) is 4.13. The Balaban J connectivity index is 2.11. The second-order valence-corrected chi connectivity index (χ2v) is 5.04. The van der Waals surface area contributed by atoms with Gasteiger partial charge in [0.2, 0.25) is 0 Å². The zero-order chi connectivity index (χ0) is 12.5. The maximum absolute atomic E-state index is 12.0. The number of nitrogens with one attached hydrogen (secondary N) is 2. The van der Waals surface area contributed by atoms with Crippen LogP contribution in [0.15, 0.2) is 27.6 Å². The molecule has 0 aromatic carbocycles. The van der Waals surface area contributed by atoms with Gasteiger partial charge in [0.25, 0.3) is 5.56 Å². The standard InChI is InChI=1S/C12H11BrN4O/c13-7-1-2-10(15-5-7)11-16-9-3-4-14-6-8(9)12(18)17-11/h1-2,5,14H,3-4,6H2,(H,16,17,18). The highest BCUT2D eigenvalue weighted by molar-refractivity contribution is 9.10. The number of halogens is 1. The van der Waals surface area contributed by atoms with E-state index in [-0.39, 0.29) is 5.56 Å². The molecule has 2 aromatic rings. The summed E-state index contributed by atoms with van der Waals surface area (Å²) in [5.41, 5.74) is 2.21. The lowest BCUT2D eigenvalue weighted by molar-refractivity contribution is 0.621. The van der Waals surface area contributed by atoms with Gasteiger partial charge in [-0.25, -0.2) is 4.98 Å². The molecule has 18 heavy (non-hydrogen) atoms. The normalized spacial score (nSPS) is 14.3. The van der Waals surface area contributed by atoms with Crippen LogP contribution in [0.1, 0.15) is 11.3 Å². The van der Waals surface area contributed by atoms with Crippen molar-refractivity contribution in [2.45, 2.75) is 13.0 Å². The van der Waals surface area contributed by atoms with E-state index < -0.39 is 0 Å².